The van der Waals surface area contributed by atoms with E-state index in [1.165, 1.54) is 12.1 Å². The van der Waals surface area contributed by atoms with Crippen molar-refractivity contribution in [2.75, 3.05) is 79.3 Å². The third kappa shape index (κ3) is 11.3. The van der Waals surface area contributed by atoms with E-state index in [0.29, 0.717) is 13.1 Å². The molecule has 0 aliphatic heterocycles. The summed E-state index contributed by atoms with van der Waals surface area (Å²) in [5.41, 5.74) is 2.14. The molecule has 3 aromatic carbocycles. The topological polar surface area (TPSA) is 111 Å². The molecular formula is C32H46N6O4S. The van der Waals surface area contributed by atoms with Gasteiger partial charge in [-0.3, -0.25) is 10.1 Å². The minimum Gasteiger partial charge on any atom is -0.379 e. The predicted octanol–water partition coefficient (Wildman–Crippen LogP) is 4.32. The van der Waals surface area contributed by atoms with Gasteiger partial charge in [0.25, 0.3) is 5.69 Å². The Kier molecular flexibility index (Phi) is 13.6. The van der Waals surface area contributed by atoms with Crippen LogP contribution in [0.1, 0.15) is 29.9 Å². The molecule has 10 nitrogen and oxygen atoms in total. The van der Waals surface area contributed by atoms with Gasteiger partial charge in [-0.15, -0.1) is 0 Å². The van der Waals surface area contributed by atoms with Crippen LogP contribution >= 0.6 is 0 Å². The van der Waals surface area contributed by atoms with Crippen LogP contribution in [0.15, 0.2) is 83.8 Å². The normalized spacial score (nSPS) is 12.0. The number of hydrogen-bond acceptors (Lipinski definition) is 8. The van der Waals surface area contributed by atoms with E-state index in [-0.39, 0.29) is 28.7 Å². The maximum atomic E-state index is 13.2. The van der Waals surface area contributed by atoms with Gasteiger partial charge in [0.2, 0.25) is 10.0 Å². The lowest BCUT2D eigenvalue weighted by Crippen LogP contribution is -2.37. The van der Waals surface area contributed by atoms with Crippen molar-refractivity contribution in [3.63, 3.8) is 0 Å². The Morgan fingerprint density at radius 2 is 1.30 bits per heavy atom. The van der Waals surface area contributed by atoms with Crippen LogP contribution in [0.5, 0.6) is 0 Å². The van der Waals surface area contributed by atoms with Crippen LogP contribution in [0, 0.1) is 10.1 Å². The molecule has 0 aromatic heterocycles. The van der Waals surface area contributed by atoms with Gasteiger partial charge < -0.3 is 20.0 Å². The summed E-state index contributed by atoms with van der Waals surface area (Å²) in [6.07, 6.45) is 1.97. The lowest BCUT2D eigenvalue weighted by molar-refractivity contribution is -0.384. The average Bonchev–Trinajstić information content (AvgIpc) is 2.97. The molecule has 0 aliphatic rings. The lowest BCUT2D eigenvalue weighted by atomic mass is 9.91. The highest BCUT2D eigenvalue weighted by molar-refractivity contribution is 7.89. The van der Waals surface area contributed by atoms with Crippen molar-refractivity contribution in [2.45, 2.75) is 23.7 Å². The summed E-state index contributed by atoms with van der Waals surface area (Å²) in [7, 11) is 4.21. The van der Waals surface area contributed by atoms with Crippen LogP contribution in [-0.2, 0) is 10.0 Å². The summed E-state index contributed by atoms with van der Waals surface area (Å²) in [6, 6.07) is 23.9. The molecule has 234 valence electrons. The van der Waals surface area contributed by atoms with Gasteiger partial charge >= 0.3 is 0 Å². The molecule has 0 atom stereocenters. The van der Waals surface area contributed by atoms with Crippen LogP contribution < -0.4 is 10.0 Å². The molecule has 0 radical (unpaired) electrons. The Bertz CT molecular complexity index is 1320. The third-order valence-corrected chi connectivity index (χ3v) is 8.71. The molecule has 43 heavy (non-hydrogen) atoms. The van der Waals surface area contributed by atoms with Gasteiger partial charge in [-0.2, -0.15) is 0 Å². The summed E-state index contributed by atoms with van der Waals surface area (Å²) in [5, 5.41) is 15.2. The van der Waals surface area contributed by atoms with Crippen molar-refractivity contribution in [3.8, 4) is 0 Å². The number of sulfonamides is 1. The fourth-order valence-corrected chi connectivity index (χ4v) is 6.01. The number of rotatable bonds is 19. The molecule has 0 spiro atoms. The monoisotopic (exact) mass is 610 g/mol. The number of nitro benzene ring substituents is 1. The fraction of sp³-hybridized carbons (Fsp3) is 0.438. The summed E-state index contributed by atoms with van der Waals surface area (Å²) < 4.78 is 29.0. The van der Waals surface area contributed by atoms with Gasteiger partial charge in [0.05, 0.1) is 9.82 Å². The highest BCUT2D eigenvalue weighted by Gasteiger charge is 2.23. The fourth-order valence-electron chi connectivity index (χ4n) is 4.97. The van der Waals surface area contributed by atoms with Gasteiger partial charge in [0.1, 0.15) is 5.69 Å². The summed E-state index contributed by atoms with van der Waals surface area (Å²) in [5.74, 6) is -0.0505. The minimum atomic E-state index is -3.94. The average molecular weight is 611 g/mol. The SMILES string of the molecule is CN(C)CCCN(CCCN(C)C)CCNS(=O)(=O)c1ccc(NCC(c2ccccc2)c2ccccc2)c([N+](=O)[O-])c1. The number of nitrogens with zero attached hydrogens (tertiary/aromatic N) is 4. The van der Waals surface area contributed by atoms with E-state index in [9.17, 15) is 18.5 Å². The van der Waals surface area contributed by atoms with E-state index >= 15 is 0 Å². The summed E-state index contributed by atoms with van der Waals surface area (Å²) >= 11 is 0. The van der Waals surface area contributed by atoms with E-state index in [4.69, 9.17) is 0 Å². The van der Waals surface area contributed by atoms with Gasteiger partial charge in [-0.1, -0.05) is 60.7 Å². The van der Waals surface area contributed by atoms with Crippen LogP contribution in [0.2, 0.25) is 0 Å². The van der Waals surface area contributed by atoms with Crippen molar-refractivity contribution < 1.29 is 13.3 Å². The van der Waals surface area contributed by atoms with Crippen LogP contribution in [0.4, 0.5) is 11.4 Å². The van der Waals surface area contributed by atoms with E-state index in [2.05, 4.69) is 24.7 Å². The maximum Gasteiger partial charge on any atom is 0.293 e. The number of benzene rings is 3. The van der Waals surface area contributed by atoms with E-state index < -0.39 is 14.9 Å². The zero-order valence-corrected chi connectivity index (χ0v) is 26.6. The van der Waals surface area contributed by atoms with Crippen molar-refractivity contribution in [2.24, 2.45) is 0 Å². The molecule has 0 amide bonds. The Hall–Kier alpha value is -3.35. The van der Waals surface area contributed by atoms with Gasteiger partial charge in [0, 0.05) is 31.6 Å². The first-order valence-corrected chi connectivity index (χ1v) is 16.2. The first-order valence-electron chi connectivity index (χ1n) is 14.7. The number of nitrogens with one attached hydrogen (secondary N) is 2. The second-order valence-corrected chi connectivity index (χ2v) is 13.0. The Labute approximate surface area is 256 Å². The highest BCUT2D eigenvalue weighted by Crippen LogP contribution is 2.30. The standard InChI is InChI=1S/C32H46N6O4S/c1-35(2)20-11-22-37(23-12-21-36(3)4)24-19-34-43(41,42)29-17-18-31(32(25-29)38(39)40)33-26-30(27-13-7-5-8-14-27)28-15-9-6-10-16-28/h5-10,13-18,25,30,33-34H,11-12,19-24,26H2,1-4H3. The second kappa shape index (κ2) is 17.1. The van der Waals surface area contributed by atoms with Gasteiger partial charge in [-0.25, -0.2) is 13.1 Å². The van der Waals surface area contributed by atoms with Crippen LogP contribution in [0.25, 0.3) is 0 Å². The van der Waals surface area contributed by atoms with E-state index in [1.54, 1.807) is 0 Å². The lowest BCUT2D eigenvalue weighted by Gasteiger charge is -2.24. The number of anilines is 1. The molecule has 0 fully saturated rings. The number of nitro groups is 1. The van der Waals surface area contributed by atoms with Crippen molar-refractivity contribution in [3.05, 3.63) is 100 Å². The van der Waals surface area contributed by atoms with Crippen molar-refractivity contribution in [1.82, 2.24) is 19.4 Å². The third-order valence-electron chi connectivity index (χ3n) is 7.26. The Morgan fingerprint density at radius 3 is 1.79 bits per heavy atom. The molecule has 3 rings (SSSR count). The number of hydrogen-bond donors (Lipinski definition) is 2. The van der Waals surface area contributed by atoms with Gasteiger partial charge in [-0.05, 0) is 90.5 Å². The quantitative estimate of drug-likeness (QED) is 0.153. The maximum absolute atomic E-state index is 13.2. The van der Waals surface area contributed by atoms with Gasteiger partial charge in [0.15, 0.2) is 0 Å². The second-order valence-electron chi connectivity index (χ2n) is 11.2. The molecule has 0 bridgehead atoms. The molecular weight excluding hydrogens is 564 g/mol. The largest absolute Gasteiger partial charge is 0.379 e. The van der Waals surface area contributed by atoms with E-state index in [1.807, 2.05) is 88.9 Å². The molecule has 0 saturated heterocycles. The molecule has 11 heteroatoms. The zero-order chi connectivity index (χ0) is 31.2. The minimum absolute atomic E-state index is 0.0505. The van der Waals surface area contributed by atoms with Crippen molar-refractivity contribution >= 4 is 21.4 Å². The first-order chi connectivity index (χ1) is 20.6. The smallest absolute Gasteiger partial charge is 0.293 e. The van der Waals surface area contributed by atoms with Crippen LogP contribution in [-0.4, -0.2) is 102 Å². The summed E-state index contributed by atoms with van der Waals surface area (Å²) in [6.45, 7) is 4.82. The molecule has 0 heterocycles. The highest BCUT2D eigenvalue weighted by atomic mass is 32.2. The Morgan fingerprint density at radius 1 is 0.767 bits per heavy atom. The molecule has 3 aromatic rings. The Balaban J connectivity index is 1.69. The van der Waals surface area contributed by atoms with Crippen molar-refractivity contribution in [1.29, 1.82) is 0 Å². The molecule has 0 unspecified atom stereocenters. The molecule has 0 saturated carbocycles. The predicted molar refractivity (Wildman–Crippen MR) is 174 cm³/mol. The van der Waals surface area contributed by atoms with E-state index in [0.717, 1.165) is 56.2 Å². The zero-order valence-electron chi connectivity index (χ0n) is 25.8. The molecule has 2 N–H and O–H groups in total. The molecule has 0 aliphatic carbocycles. The van der Waals surface area contributed by atoms with Crippen LogP contribution in [0.3, 0.4) is 0 Å². The first kappa shape index (κ1) is 34.1. The summed E-state index contributed by atoms with van der Waals surface area (Å²) in [4.78, 5) is 17.9.